The fraction of sp³-hybridized carbons (Fsp3) is 0.667. The number of methoxy groups -OCH3 is 1. The van der Waals surface area contributed by atoms with E-state index in [2.05, 4.69) is 28.8 Å². The number of hydrogen-bond donors (Lipinski definition) is 2. The molecule has 1 unspecified atom stereocenters. The Morgan fingerprint density at radius 3 is 2.48 bits per heavy atom. The van der Waals surface area contributed by atoms with Crippen molar-refractivity contribution in [1.29, 1.82) is 0 Å². The third-order valence-corrected chi connectivity index (χ3v) is 8.24. The van der Waals surface area contributed by atoms with Crippen molar-refractivity contribution >= 4 is 11.9 Å². The largest absolute Gasteiger partial charge is 0.381 e. The SMILES string of the molecule is COC1CCC2(CC1)Cc1ccc(CC3CCCCC3)cc1C21NC(=O)NC1=O. The summed E-state index contributed by atoms with van der Waals surface area (Å²) in [6, 6.07) is 6.38. The third-order valence-electron chi connectivity index (χ3n) is 8.24. The number of imide groups is 1. The van der Waals surface area contributed by atoms with E-state index in [4.69, 9.17) is 4.74 Å². The summed E-state index contributed by atoms with van der Waals surface area (Å²) in [6.07, 6.45) is 12.5. The van der Waals surface area contributed by atoms with Gasteiger partial charge < -0.3 is 10.1 Å². The Bertz CT molecular complexity index is 821. The maximum Gasteiger partial charge on any atom is 0.322 e. The predicted octanol–water partition coefficient (Wildman–Crippen LogP) is 3.98. The fourth-order valence-electron chi connectivity index (χ4n) is 6.71. The first kappa shape index (κ1) is 19.1. The van der Waals surface area contributed by atoms with Gasteiger partial charge in [-0.15, -0.1) is 0 Å². The molecule has 0 bridgehead atoms. The van der Waals surface area contributed by atoms with E-state index >= 15 is 0 Å². The normalized spacial score (nSPS) is 34.4. The predicted molar refractivity (Wildman–Crippen MR) is 110 cm³/mol. The van der Waals surface area contributed by atoms with Gasteiger partial charge in [0.05, 0.1) is 6.10 Å². The summed E-state index contributed by atoms with van der Waals surface area (Å²) < 4.78 is 5.59. The molecule has 1 atom stereocenters. The lowest BCUT2D eigenvalue weighted by atomic mass is 9.61. The van der Waals surface area contributed by atoms with Crippen LogP contribution in [0.2, 0.25) is 0 Å². The van der Waals surface area contributed by atoms with Crippen LogP contribution in [-0.2, 0) is 27.9 Å². The van der Waals surface area contributed by atoms with Crippen LogP contribution in [0, 0.1) is 11.3 Å². The first-order valence-electron chi connectivity index (χ1n) is 11.3. The molecule has 5 nitrogen and oxygen atoms in total. The van der Waals surface area contributed by atoms with Gasteiger partial charge in [0.25, 0.3) is 5.91 Å². The van der Waals surface area contributed by atoms with Crippen LogP contribution in [-0.4, -0.2) is 25.2 Å². The van der Waals surface area contributed by atoms with E-state index in [0.29, 0.717) is 0 Å². The van der Waals surface area contributed by atoms with Crippen LogP contribution < -0.4 is 10.6 Å². The first-order chi connectivity index (χ1) is 14.1. The zero-order valence-corrected chi connectivity index (χ0v) is 17.4. The van der Waals surface area contributed by atoms with Crippen molar-refractivity contribution in [3.05, 3.63) is 34.9 Å². The van der Waals surface area contributed by atoms with Crippen LogP contribution in [0.3, 0.4) is 0 Å². The minimum atomic E-state index is -0.916. The van der Waals surface area contributed by atoms with E-state index in [0.717, 1.165) is 50.0 Å². The van der Waals surface area contributed by atoms with Crippen LogP contribution in [0.4, 0.5) is 4.79 Å². The van der Waals surface area contributed by atoms with Gasteiger partial charge in [-0.3, -0.25) is 10.1 Å². The number of ether oxygens (including phenoxy) is 1. The molecule has 0 aromatic heterocycles. The number of benzene rings is 1. The maximum atomic E-state index is 13.3. The Kier molecular flexibility index (Phi) is 4.69. The Hall–Kier alpha value is -1.88. The molecule has 1 aliphatic heterocycles. The third kappa shape index (κ3) is 2.92. The van der Waals surface area contributed by atoms with Gasteiger partial charge in [-0.1, -0.05) is 50.3 Å². The van der Waals surface area contributed by atoms with Gasteiger partial charge in [-0.05, 0) is 61.1 Å². The molecule has 3 fully saturated rings. The number of fused-ring (bicyclic) bond motifs is 3. The highest BCUT2D eigenvalue weighted by molar-refractivity contribution is 6.08. The van der Waals surface area contributed by atoms with Crippen molar-refractivity contribution in [3.8, 4) is 0 Å². The van der Waals surface area contributed by atoms with Crippen LogP contribution in [0.1, 0.15) is 74.5 Å². The lowest BCUT2D eigenvalue weighted by Crippen LogP contribution is -2.56. The summed E-state index contributed by atoms with van der Waals surface area (Å²) in [6.45, 7) is 0. The summed E-state index contributed by atoms with van der Waals surface area (Å²) in [4.78, 5) is 25.6. The Morgan fingerprint density at radius 1 is 1.07 bits per heavy atom. The highest BCUT2D eigenvalue weighted by atomic mass is 16.5. The Morgan fingerprint density at radius 2 is 1.83 bits per heavy atom. The van der Waals surface area contributed by atoms with Crippen molar-refractivity contribution in [2.24, 2.45) is 11.3 Å². The monoisotopic (exact) mass is 396 g/mol. The molecular formula is C24H32N2O3. The van der Waals surface area contributed by atoms with Gasteiger partial charge in [0.1, 0.15) is 0 Å². The average molecular weight is 397 g/mol. The molecule has 5 rings (SSSR count). The van der Waals surface area contributed by atoms with Crippen molar-refractivity contribution < 1.29 is 14.3 Å². The lowest BCUT2D eigenvalue weighted by Gasteiger charge is -2.46. The minimum Gasteiger partial charge on any atom is -0.381 e. The molecule has 2 spiro atoms. The van der Waals surface area contributed by atoms with Gasteiger partial charge in [0.15, 0.2) is 5.54 Å². The van der Waals surface area contributed by atoms with Crippen molar-refractivity contribution in [1.82, 2.24) is 10.6 Å². The molecule has 0 radical (unpaired) electrons. The number of urea groups is 1. The van der Waals surface area contributed by atoms with Crippen LogP contribution in [0.25, 0.3) is 0 Å². The number of amides is 3. The van der Waals surface area contributed by atoms with Gasteiger partial charge in [0, 0.05) is 12.5 Å². The fourth-order valence-corrected chi connectivity index (χ4v) is 6.71. The Labute approximate surface area is 173 Å². The maximum absolute atomic E-state index is 13.3. The molecule has 2 N–H and O–H groups in total. The standard InChI is InChI=1S/C24H32N2O3/c1-29-19-9-11-23(12-10-19)15-18-8-7-17(13-16-5-3-2-4-6-16)14-20(18)24(23)21(27)25-22(28)26-24/h7-8,14,16,19H,2-6,9-13,15H2,1H3,(H2,25,26,27,28). The summed E-state index contributed by atoms with van der Waals surface area (Å²) in [5, 5.41) is 5.69. The second-order valence-electron chi connectivity index (χ2n) is 9.75. The van der Waals surface area contributed by atoms with Gasteiger partial charge >= 0.3 is 6.03 Å². The molecule has 2 saturated carbocycles. The minimum absolute atomic E-state index is 0.160. The van der Waals surface area contributed by atoms with Crippen LogP contribution >= 0.6 is 0 Å². The van der Waals surface area contributed by atoms with Crippen molar-refractivity contribution in [2.75, 3.05) is 7.11 Å². The smallest absolute Gasteiger partial charge is 0.322 e. The molecule has 4 aliphatic rings. The molecule has 29 heavy (non-hydrogen) atoms. The van der Waals surface area contributed by atoms with Crippen LogP contribution in [0.15, 0.2) is 18.2 Å². The quantitative estimate of drug-likeness (QED) is 0.760. The number of nitrogens with one attached hydrogen (secondary N) is 2. The topological polar surface area (TPSA) is 67.4 Å². The average Bonchev–Trinajstić information content (AvgIpc) is 3.18. The number of hydrogen-bond acceptors (Lipinski definition) is 3. The lowest BCUT2D eigenvalue weighted by molar-refractivity contribution is -0.131. The molecule has 5 heteroatoms. The van der Waals surface area contributed by atoms with E-state index in [1.54, 1.807) is 7.11 Å². The van der Waals surface area contributed by atoms with E-state index < -0.39 is 5.54 Å². The molecule has 1 saturated heterocycles. The molecule has 1 heterocycles. The second-order valence-corrected chi connectivity index (χ2v) is 9.75. The van der Waals surface area contributed by atoms with Gasteiger partial charge in [0.2, 0.25) is 0 Å². The highest BCUT2D eigenvalue weighted by Gasteiger charge is 2.66. The summed E-state index contributed by atoms with van der Waals surface area (Å²) in [5.41, 5.74) is 2.42. The van der Waals surface area contributed by atoms with Gasteiger partial charge in [-0.25, -0.2) is 4.79 Å². The first-order valence-corrected chi connectivity index (χ1v) is 11.3. The number of carbonyl (C=O) groups excluding carboxylic acids is 2. The molecule has 3 aliphatic carbocycles. The van der Waals surface area contributed by atoms with E-state index in [9.17, 15) is 9.59 Å². The van der Waals surface area contributed by atoms with Gasteiger partial charge in [-0.2, -0.15) is 0 Å². The van der Waals surface area contributed by atoms with E-state index in [1.165, 1.54) is 43.2 Å². The molecule has 1 aromatic carbocycles. The number of rotatable bonds is 3. The van der Waals surface area contributed by atoms with Crippen LogP contribution in [0.5, 0.6) is 0 Å². The molecular weight excluding hydrogens is 364 g/mol. The van der Waals surface area contributed by atoms with E-state index in [1.807, 2.05) is 0 Å². The van der Waals surface area contributed by atoms with Crippen molar-refractivity contribution in [2.45, 2.75) is 82.3 Å². The van der Waals surface area contributed by atoms with Crippen molar-refractivity contribution in [3.63, 3.8) is 0 Å². The summed E-state index contributed by atoms with van der Waals surface area (Å²) in [7, 11) is 1.77. The molecule has 156 valence electrons. The molecule has 1 aromatic rings. The summed E-state index contributed by atoms with van der Waals surface area (Å²) in [5.74, 6) is 0.587. The Balaban J connectivity index is 1.51. The zero-order valence-electron chi connectivity index (χ0n) is 17.4. The second kappa shape index (κ2) is 7.12. The summed E-state index contributed by atoms with van der Waals surface area (Å²) >= 11 is 0. The highest BCUT2D eigenvalue weighted by Crippen LogP contribution is 2.59. The number of carbonyl (C=O) groups is 2. The zero-order chi connectivity index (χ0) is 20.1. The van der Waals surface area contributed by atoms with E-state index in [-0.39, 0.29) is 23.5 Å². The molecule has 3 amide bonds.